The molecule has 4 heteroatoms. The second-order valence-electron chi connectivity index (χ2n) is 7.55. The van der Waals surface area contributed by atoms with Gasteiger partial charge in [0.25, 0.3) is 0 Å². The fourth-order valence-corrected chi connectivity index (χ4v) is 3.28. The minimum Gasteiger partial charge on any atom is -0.357 e. The third-order valence-electron chi connectivity index (χ3n) is 4.70. The number of aliphatic imine (C=N–C) groups is 1. The number of terminal acetylenes is 1. The summed E-state index contributed by atoms with van der Waals surface area (Å²) in [5, 5.41) is 6.08. The molecule has 2 aliphatic rings. The number of allylic oxidation sites excluding steroid dienone is 12. The molecule has 2 rings (SSSR count). The summed E-state index contributed by atoms with van der Waals surface area (Å²) < 4.78 is 0. The molecule has 1 unspecified atom stereocenters. The Morgan fingerprint density at radius 3 is 2.50 bits per heavy atom. The van der Waals surface area contributed by atoms with Crippen LogP contribution in [0.2, 0.25) is 0 Å². The van der Waals surface area contributed by atoms with Gasteiger partial charge in [-0.25, -0.2) is 0 Å². The summed E-state index contributed by atoms with van der Waals surface area (Å²) in [5.41, 5.74) is 2.62. The molecule has 0 bridgehead atoms. The first-order chi connectivity index (χ1) is 16.5. The third kappa shape index (κ3) is 19.5. The zero-order valence-corrected chi connectivity index (χ0v) is 21.8. The van der Waals surface area contributed by atoms with Gasteiger partial charge in [-0.3, -0.25) is 9.79 Å². The van der Waals surface area contributed by atoms with Gasteiger partial charge in [0.1, 0.15) is 0 Å². The van der Waals surface area contributed by atoms with Crippen LogP contribution in [0.5, 0.6) is 0 Å². The van der Waals surface area contributed by atoms with Crippen LogP contribution < -0.4 is 10.6 Å². The van der Waals surface area contributed by atoms with Crippen molar-refractivity contribution in [2.75, 3.05) is 19.6 Å². The summed E-state index contributed by atoms with van der Waals surface area (Å²) in [6, 6.07) is 0. The third-order valence-corrected chi connectivity index (χ3v) is 4.70. The van der Waals surface area contributed by atoms with Crippen molar-refractivity contribution in [3.05, 3.63) is 84.7 Å². The largest absolute Gasteiger partial charge is 0.357 e. The van der Waals surface area contributed by atoms with Crippen molar-refractivity contribution in [3.8, 4) is 12.8 Å². The number of hydrogen-bond acceptors (Lipinski definition) is 3. The van der Waals surface area contributed by atoms with Gasteiger partial charge in [0, 0.05) is 25.9 Å². The Balaban J connectivity index is 0. The smallest absolute Gasteiger partial charge is 0.216 e. The van der Waals surface area contributed by atoms with Crippen LogP contribution in [-0.2, 0) is 4.79 Å². The Kier molecular flexibility index (Phi) is 23.8. The lowest BCUT2D eigenvalue weighted by Crippen LogP contribution is -2.33. The molecule has 186 valence electrons. The zero-order chi connectivity index (χ0) is 26.0. The first kappa shape index (κ1) is 33.0. The summed E-state index contributed by atoms with van der Waals surface area (Å²) in [6.07, 6.45) is 35.3. The van der Waals surface area contributed by atoms with Gasteiger partial charge in [-0.15, -0.1) is 12.8 Å². The van der Waals surface area contributed by atoms with Crippen LogP contribution in [0, 0.1) is 24.7 Å². The molecule has 0 radical (unpaired) electrons. The van der Waals surface area contributed by atoms with E-state index < -0.39 is 0 Å². The van der Waals surface area contributed by atoms with Crippen molar-refractivity contribution in [2.24, 2.45) is 16.8 Å². The van der Waals surface area contributed by atoms with Gasteiger partial charge in [-0.1, -0.05) is 72.9 Å². The number of nitrogens with one attached hydrogen (secondary N) is 2. The lowest BCUT2D eigenvalue weighted by molar-refractivity contribution is -0.118. The van der Waals surface area contributed by atoms with E-state index in [-0.39, 0.29) is 5.91 Å². The van der Waals surface area contributed by atoms with Crippen molar-refractivity contribution < 1.29 is 4.79 Å². The Morgan fingerprint density at radius 1 is 1.29 bits per heavy atom. The minimum atomic E-state index is 0.0394. The van der Waals surface area contributed by atoms with Crippen molar-refractivity contribution in [3.63, 3.8) is 0 Å². The predicted molar refractivity (Wildman–Crippen MR) is 152 cm³/mol. The minimum absolute atomic E-state index is 0.0394. The average Bonchev–Trinajstić information content (AvgIpc) is 3.04. The van der Waals surface area contributed by atoms with Crippen LogP contribution in [0.3, 0.4) is 0 Å². The van der Waals surface area contributed by atoms with E-state index in [4.69, 9.17) is 0 Å². The van der Waals surface area contributed by atoms with Crippen LogP contribution in [-0.4, -0.2) is 31.8 Å². The number of piperidine rings is 1. The second-order valence-corrected chi connectivity index (χ2v) is 7.55. The van der Waals surface area contributed by atoms with Gasteiger partial charge in [0.2, 0.25) is 5.91 Å². The highest BCUT2D eigenvalue weighted by molar-refractivity contribution is 5.72. The van der Waals surface area contributed by atoms with E-state index in [1.807, 2.05) is 39.0 Å². The molecule has 0 aromatic rings. The molecule has 0 aromatic heterocycles. The molecule has 0 saturated carbocycles. The molecule has 1 aliphatic heterocycles. The lowest BCUT2D eigenvalue weighted by Gasteiger charge is -2.27. The topological polar surface area (TPSA) is 53.5 Å². The van der Waals surface area contributed by atoms with Crippen molar-refractivity contribution in [1.82, 2.24) is 10.6 Å². The van der Waals surface area contributed by atoms with Crippen LogP contribution >= 0.6 is 0 Å². The summed E-state index contributed by atoms with van der Waals surface area (Å²) in [4.78, 5) is 13.7. The van der Waals surface area contributed by atoms with Gasteiger partial charge in [0.15, 0.2) is 0 Å². The van der Waals surface area contributed by atoms with E-state index in [1.54, 1.807) is 18.5 Å². The number of carbonyl (C=O) groups excluding carboxylic acids is 1. The maximum Gasteiger partial charge on any atom is 0.216 e. The fourth-order valence-electron chi connectivity index (χ4n) is 3.28. The normalized spacial score (nSPS) is 19.6. The number of carbonyl (C=O) groups is 1. The maximum absolute atomic E-state index is 9.93. The van der Waals surface area contributed by atoms with Crippen LogP contribution in [0.4, 0.5) is 0 Å². The zero-order valence-electron chi connectivity index (χ0n) is 21.8. The van der Waals surface area contributed by atoms with Gasteiger partial charge in [-0.2, -0.15) is 0 Å². The molecule has 1 amide bonds. The molecule has 34 heavy (non-hydrogen) atoms. The molecule has 0 aromatic carbocycles. The van der Waals surface area contributed by atoms with Gasteiger partial charge >= 0.3 is 0 Å². The summed E-state index contributed by atoms with van der Waals surface area (Å²) >= 11 is 0. The molecular weight excluding hydrogens is 418 g/mol. The molecule has 1 aliphatic carbocycles. The van der Waals surface area contributed by atoms with Crippen molar-refractivity contribution in [2.45, 2.75) is 47.5 Å². The number of amides is 1. The Hall–Kier alpha value is -3.16. The highest BCUT2D eigenvalue weighted by atomic mass is 16.1. The van der Waals surface area contributed by atoms with E-state index in [9.17, 15) is 4.79 Å². The Labute approximate surface area is 209 Å². The van der Waals surface area contributed by atoms with E-state index in [2.05, 4.69) is 78.4 Å². The van der Waals surface area contributed by atoms with Crippen LogP contribution in [0.25, 0.3) is 0 Å². The molecule has 1 fully saturated rings. The Bertz CT molecular complexity index is 760. The number of nitrogens with zero attached hydrogens (tertiary/aromatic N) is 1. The second kappa shape index (κ2) is 24.5. The summed E-state index contributed by atoms with van der Waals surface area (Å²) in [5.74, 6) is 1.35. The summed E-state index contributed by atoms with van der Waals surface area (Å²) in [6.45, 7) is 16.1. The van der Waals surface area contributed by atoms with Gasteiger partial charge in [0.05, 0.1) is 0 Å². The SMILES string of the molecule is C#C.C=C/C=C\C=C\C1=CC(C)=C[C@@H](C2CCCNC2)C=C1.CC=N/C=C\C.CCNC(C)=O. The monoisotopic (exact) mass is 463 g/mol. The predicted octanol–water partition coefficient (Wildman–Crippen LogP) is 6.35. The highest BCUT2D eigenvalue weighted by Gasteiger charge is 2.20. The maximum atomic E-state index is 9.93. The molecule has 0 spiro atoms. The van der Waals surface area contributed by atoms with E-state index in [1.165, 1.54) is 37.5 Å². The lowest BCUT2D eigenvalue weighted by atomic mass is 9.85. The first-order valence-corrected chi connectivity index (χ1v) is 11.9. The van der Waals surface area contributed by atoms with E-state index in [0.29, 0.717) is 5.92 Å². The van der Waals surface area contributed by atoms with Crippen molar-refractivity contribution >= 4 is 12.1 Å². The summed E-state index contributed by atoms with van der Waals surface area (Å²) in [7, 11) is 0. The van der Waals surface area contributed by atoms with Crippen molar-refractivity contribution in [1.29, 1.82) is 0 Å². The molecule has 1 saturated heterocycles. The van der Waals surface area contributed by atoms with E-state index in [0.717, 1.165) is 19.0 Å². The highest BCUT2D eigenvalue weighted by Crippen LogP contribution is 2.26. The number of hydrogen-bond donors (Lipinski definition) is 2. The van der Waals surface area contributed by atoms with Crippen LogP contribution in [0.15, 0.2) is 89.7 Å². The quantitative estimate of drug-likeness (QED) is 0.274. The molecule has 2 atom stereocenters. The van der Waals surface area contributed by atoms with Gasteiger partial charge < -0.3 is 10.6 Å². The molecular formula is C30H45N3O. The molecule has 4 nitrogen and oxygen atoms in total. The fraction of sp³-hybridized carbons (Fsp3) is 0.400. The van der Waals surface area contributed by atoms with Crippen LogP contribution in [0.1, 0.15) is 47.5 Å². The Morgan fingerprint density at radius 2 is 2.03 bits per heavy atom. The first-order valence-electron chi connectivity index (χ1n) is 11.9. The van der Waals surface area contributed by atoms with Gasteiger partial charge in [-0.05, 0) is 71.0 Å². The number of rotatable bonds is 6. The molecule has 1 heterocycles. The average molecular weight is 464 g/mol. The van der Waals surface area contributed by atoms with E-state index >= 15 is 0 Å². The standard InChI is InChI=1S/C19H25N.C5H9N.C4H9NO.C2H2/c1-3-4-5-6-8-17-10-11-18(14-16(2)13-17)19-9-7-12-20-15-19;1-3-5-6-4-2;1-3-5-4(2)6;1-2/h3-6,8,10-11,13-14,18-20H,1,7,9,12,15H2,2H3;3-5H,1-2H3;3H2,1-2H3,(H,5,6);1-2H/b5-4-,8-6+;5-3-,6-4?;;/t18-,19?;;;/m0.../s1. The molecule has 2 N–H and O–H groups in total.